The van der Waals surface area contributed by atoms with Crippen molar-refractivity contribution in [1.82, 2.24) is 9.78 Å². The smallest absolute Gasteiger partial charge is 0.0631 e. The Labute approximate surface area is 134 Å². The van der Waals surface area contributed by atoms with Crippen LogP contribution in [-0.4, -0.2) is 16.3 Å². The van der Waals surface area contributed by atoms with Crippen molar-refractivity contribution in [1.29, 1.82) is 0 Å². The van der Waals surface area contributed by atoms with Crippen LogP contribution in [0.4, 0.5) is 0 Å². The highest BCUT2D eigenvalue weighted by Gasteiger charge is 2.18. The van der Waals surface area contributed by atoms with Crippen molar-refractivity contribution in [3.63, 3.8) is 0 Å². The number of nitrogens with two attached hydrogens (primary N) is 1. The van der Waals surface area contributed by atoms with E-state index in [9.17, 15) is 0 Å². The summed E-state index contributed by atoms with van der Waals surface area (Å²) in [5.41, 5.74) is 8.41. The summed E-state index contributed by atoms with van der Waals surface area (Å²) >= 11 is 3.53. The second kappa shape index (κ2) is 6.75. The third-order valence-electron chi connectivity index (χ3n) is 4.42. The molecule has 21 heavy (non-hydrogen) atoms. The summed E-state index contributed by atoms with van der Waals surface area (Å²) in [4.78, 5) is 0. The van der Waals surface area contributed by atoms with Crippen LogP contribution in [0.15, 0.2) is 41.0 Å². The molecule has 1 heterocycles. The summed E-state index contributed by atoms with van der Waals surface area (Å²) in [6.45, 7) is 0.646. The molecular formula is C17H22BrN3. The second-order valence-corrected chi connectivity index (χ2v) is 6.83. The van der Waals surface area contributed by atoms with E-state index < -0.39 is 0 Å². The number of hydrogen-bond acceptors (Lipinski definition) is 2. The molecule has 2 aromatic rings. The lowest BCUT2D eigenvalue weighted by Crippen LogP contribution is -2.15. The first kappa shape index (κ1) is 14.8. The summed E-state index contributed by atoms with van der Waals surface area (Å²) in [5.74, 6) is 0.328. The Bertz CT molecular complexity index is 587. The van der Waals surface area contributed by atoms with Crippen molar-refractivity contribution >= 4 is 15.9 Å². The second-order valence-electron chi connectivity index (χ2n) is 5.92. The maximum absolute atomic E-state index is 5.98. The molecule has 1 atom stereocenters. The van der Waals surface area contributed by atoms with Crippen molar-refractivity contribution in [2.45, 2.75) is 44.1 Å². The van der Waals surface area contributed by atoms with Gasteiger partial charge in [0.25, 0.3) is 0 Å². The maximum Gasteiger partial charge on any atom is 0.0631 e. The average Bonchev–Trinajstić information content (AvgIpc) is 3.15. The van der Waals surface area contributed by atoms with Gasteiger partial charge in [0, 0.05) is 16.6 Å². The molecular weight excluding hydrogens is 326 g/mol. The fourth-order valence-corrected chi connectivity index (χ4v) is 3.63. The lowest BCUT2D eigenvalue weighted by Gasteiger charge is -2.14. The maximum atomic E-state index is 5.98. The van der Waals surface area contributed by atoms with Crippen molar-refractivity contribution in [2.75, 3.05) is 6.54 Å². The Kier molecular flexibility index (Phi) is 4.76. The van der Waals surface area contributed by atoms with Crippen LogP contribution in [-0.2, 0) is 6.42 Å². The molecule has 0 spiro atoms. The first-order valence-corrected chi connectivity index (χ1v) is 8.55. The Morgan fingerprint density at radius 3 is 2.81 bits per heavy atom. The summed E-state index contributed by atoms with van der Waals surface area (Å²) in [7, 11) is 0. The highest BCUT2D eigenvalue weighted by Crippen LogP contribution is 2.29. The molecule has 0 amide bonds. The summed E-state index contributed by atoms with van der Waals surface area (Å²) in [6.07, 6.45) is 8.26. The molecule has 4 heteroatoms. The van der Waals surface area contributed by atoms with Crippen LogP contribution < -0.4 is 5.73 Å². The molecule has 1 aliphatic rings. The van der Waals surface area contributed by atoms with Gasteiger partial charge in [-0.2, -0.15) is 5.10 Å². The van der Waals surface area contributed by atoms with Gasteiger partial charge in [-0.15, -0.1) is 0 Å². The van der Waals surface area contributed by atoms with Crippen LogP contribution in [0, 0.1) is 0 Å². The molecule has 1 fully saturated rings. The van der Waals surface area contributed by atoms with Crippen LogP contribution in [0.2, 0.25) is 0 Å². The molecule has 1 unspecified atom stereocenters. The predicted molar refractivity (Wildman–Crippen MR) is 89.4 cm³/mol. The summed E-state index contributed by atoms with van der Waals surface area (Å²) in [6, 6.07) is 11.2. The number of hydrogen-bond donors (Lipinski definition) is 1. The fraction of sp³-hybridized carbons (Fsp3) is 0.471. The number of rotatable bonds is 5. The number of benzene rings is 1. The van der Waals surface area contributed by atoms with E-state index in [2.05, 4.69) is 51.1 Å². The van der Waals surface area contributed by atoms with Crippen molar-refractivity contribution in [3.8, 4) is 0 Å². The van der Waals surface area contributed by atoms with Crippen molar-refractivity contribution in [3.05, 3.63) is 52.3 Å². The number of nitrogens with zero attached hydrogens (tertiary/aromatic N) is 2. The van der Waals surface area contributed by atoms with Gasteiger partial charge in [-0.3, -0.25) is 4.68 Å². The van der Waals surface area contributed by atoms with Crippen LogP contribution >= 0.6 is 15.9 Å². The minimum absolute atomic E-state index is 0.328. The first-order valence-electron chi connectivity index (χ1n) is 7.76. The summed E-state index contributed by atoms with van der Waals surface area (Å²) < 4.78 is 3.27. The van der Waals surface area contributed by atoms with E-state index in [-0.39, 0.29) is 0 Å². The van der Waals surface area contributed by atoms with Gasteiger partial charge in [-0.25, -0.2) is 0 Å². The highest BCUT2D eigenvalue weighted by molar-refractivity contribution is 9.10. The van der Waals surface area contributed by atoms with Gasteiger partial charge in [0.15, 0.2) is 0 Å². The Morgan fingerprint density at radius 2 is 2.10 bits per heavy atom. The van der Waals surface area contributed by atoms with E-state index in [4.69, 9.17) is 10.8 Å². The van der Waals surface area contributed by atoms with Crippen LogP contribution in [0.5, 0.6) is 0 Å². The molecule has 2 N–H and O–H groups in total. The zero-order valence-corrected chi connectivity index (χ0v) is 13.8. The lowest BCUT2D eigenvalue weighted by atomic mass is 9.94. The quantitative estimate of drug-likeness (QED) is 0.886. The third kappa shape index (κ3) is 3.55. The average molecular weight is 348 g/mol. The molecule has 1 aromatic heterocycles. The Morgan fingerprint density at radius 1 is 1.29 bits per heavy atom. The van der Waals surface area contributed by atoms with Gasteiger partial charge in [0.1, 0.15) is 0 Å². The van der Waals surface area contributed by atoms with Crippen LogP contribution in [0.3, 0.4) is 0 Å². The fourth-order valence-electron chi connectivity index (χ4n) is 3.21. The van der Waals surface area contributed by atoms with E-state index in [0.717, 1.165) is 16.6 Å². The standard InChI is InChI=1S/C17H22BrN3/c18-15-5-3-4-13(10-15)14(12-19)11-16-8-9-21(20-16)17-6-1-2-7-17/h3-5,8-10,14,17H,1-2,6-7,11-12,19H2. The van der Waals surface area contributed by atoms with Crippen LogP contribution in [0.25, 0.3) is 0 Å². The van der Waals surface area contributed by atoms with Gasteiger partial charge >= 0.3 is 0 Å². The lowest BCUT2D eigenvalue weighted by molar-refractivity contribution is 0.461. The van der Waals surface area contributed by atoms with Crippen LogP contribution in [0.1, 0.15) is 48.9 Å². The molecule has 3 rings (SSSR count). The van der Waals surface area contributed by atoms with Gasteiger partial charge in [0.05, 0.1) is 11.7 Å². The molecule has 112 valence electrons. The zero-order chi connectivity index (χ0) is 14.7. The van der Waals surface area contributed by atoms with E-state index in [1.807, 2.05) is 6.07 Å². The molecule has 3 nitrogen and oxygen atoms in total. The van der Waals surface area contributed by atoms with Gasteiger partial charge in [0.2, 0.25) is 0 Å². The van der Waals surface area contributed by atoms with Crippen molar-refractivity contribution in [2.24, 2.45) is 5.73 Å². The van der Waals surface area contributed by atoms with Gasteiger partial charge in [-0.05, 0) is 49.6 Å². The zero-order valence-electron chi connectivity index (χ0n) is 12.2. The minimum Gasteiger partial charge on any atom is -0.330 e. The molecule has 0 saturated heterocycles. The van der Waals surface area contributed by atoms with Crippen molar-refractivity contribution < 1.29 is 0 Å². The predicted octanol–water partition coefficient (Wildman–Crippen LogP) is 4.05. The first-order chi connectivity index (χ1) is 10.3. The third-order valence-corrected chi connectivity index (χ3v) is 4.92. The summed E-state index contributed by atoms with van der Waals surface area (Å²) in [5, 5.41) is 4.78. The molecule has 1 aromatic carbocycles. The Hall–Kier alpha value is -1.13. The number of aromatic nitrogens is 2. The van der Waals surface area contributed by atoms with Gasteiger partial charge in [-0.1, -0.05) is 40.9 Å². The molecule has 0 radical (unpaired) electrons. The molecule has 1 aliphatic carbocycles. The number of halogens is 1. The SMILES string of the molecule is NCC(Cc1ccn(C2CCCC2)n1)c1cccc(Br)c1. The largest absolute Gasteiger partial charge is 0.330 e. The van der Waals surface area contributed by atoms with E-state index in [1.54, 1.807) is 0 Å². The van der Waals surface area contributed by atoms with E-state index in [1.165, 1.54) is 31.2 Å². The van der Waals surface area contributed by atoms with E-state index >= 15 is 0 Å². The highest BCUT2D eigenvalue weighted by atomic mass is 79.9. The topological polar surface area (TPSA) is 43.8 Å². The normalized spacial score (nSPS) is 17.2. The molecule has 0 aliphatic heterocycles. The minimum atomic E-state index is 0.328. The van der Waals surface area contributed by atoms with Gasteiger partial charge < -0.3 is 5.73 Å². The molecule has 0 bridgehead atoms. The molecule has 1 saturated carbocycles. The van der Waals surface area contributed by atoms with E-state index in [0.29, 0.717) is 18.5 Å². The monoisotopic (exact) mass is 347 g/mol. The Balaban J connectivity index is 1.72.